The number of carbonyl (C=O) groups excluding carboxylic acids is 1. The van der Waals surface area contributed by atoms with Crippen LogP contribution < -0.4 is 0 Å². The van der Waals surface area contributed by atoms with Gasteiger partial charge in [0.25, 0.3) is 5.91 Å². The molecule has 2 aromatic carbocycles. The highest BCUT2D eigenvalue weighted by Crippen LogP contribution is 2.15. The maximum Gasteiger partial charge on any atom is 0.254 e. The quantitative estimate of drug-likeness (QED) is 0.577. The topological polar surface area (TPSA) is 29.5 Å². The van der Waals surface area contributed by atoms with Gasteiger partial charge in [0.1, 0.15) is 5.82 Å². The number of amides is 1. The summed E-state index contributed by atoms with van der Waals surface area (Å²) < 4.78 is 19.3. The summed E-state index contributed by atoms with van der Waals surface area (Å²) in [6.07, 6.45) is 1.75. The van der Waals surface area contributed by atoms with Crippen LogP contribution in [0.25, 0.3) is 0 Å². The van der Waals surface area contributed by atoms with Gasteiger partial charge in [-0.25, -0.2) is 4.39 Å². The zero-order valence-electron chi connectivity index (χ0n) is 13.7. The monoisotopic (exact) mass is 441 g/mol. The molecule has 0 fully saturated rings. The van der Waals surface area contributed by atoms with Gasteiger partial charge in [-0.15, -0.1) is 0 Å². The molecule has 0 aromatic heterocycles. The summed E-state index contributed by atoms with van der Waals surface area (Å²) >= 11 is 1.91. The highest BCUT2D eigenvalue weighted by Gasteiger charge is 2.16. The molecule has 128 valence electrons. The van der Waals surface area contributed by atoms with Gasteiger partial charge in [-0.1, -0.05) is 30.3 Å². The molecule has 0 aliphatic rings. The second kappa shape index (κ2) is 9.74. The second-order valence-electron chi connectivity index (χ2n) is 5.50. The predicted octanol–water partition coefficient (Wildman–Crippen LogP) is 4.15. The van der Waals surface area contributed by atoms with Crippen molar-refractivity contribution in [2.24, 2.45) is 0 Å². The van der Waals surface area contributed by atoms with Gasteiger partial charge >= 0.3 is 0 Å². The Bertz CT molecular complexity index is 664. The first-order valence-corrected chi connectivity index (χ1v) is 8.97. The van der Waals surface area contributed by atoms with Gasteiger partial charge < -0.3 is 9.64 Å². The normalized spacial score (nSPS) is 10.6. The molecule has 24 heavy (non-hydrogen) atoms. The molecule has 0 radical (unpaired) electrons. The SMILES string of the molecule is COCCN(CCCc1ccccc1)C(=O)c1ccc(I)c(F)c1. The van der Waals surface area contributed by atoms with E-state index in [0.29, 0.717) is 28.8 Å². The lowest BCUT2D eigenvalue weighted by Gasteiger charge is -2.22. The Morgan fingerprint density at radius 3 is 2.58 bits per heavy atom. The van der Waals surface area contributed by atoms with Crippen molar-refractivity contribution in [3.8, 4) is 0 Å². The number of methoxy groups -OCH3 is 1. The van der Waals surface area contributed by atoms with Gasteiger partial charge in [0.2, 0.25) is 0 Å². The van der Waals surface area contributed by atoms with Gasteiger partial charge in [0.05, 0.1) is 6.61 Å². The fraction of sp³-hybridized carbons (Fsp3) is 0.316. The van der Waals surface area contributed by atoms with Crippen molar-refractivity contribution >= 4 is 28.5 Å². The zero-order valence-corrected chi connectivity index (χ0v) is 15.8. The zero-order chi connectivity index (χ0) is 17.4. The summed E-state index contributed by atoms with van der Waals surface area (Å²) in [5, 5.41) is 0. The van der Waals surface area contributed by atoms with E-state index >= 15 is 0 Å². The molecule has 2 aromatic rings. The van der Waals surface area contributed by atoms with Crippen molar-refractivity contribution in [3.63, 3.8) is 0 Å². The van der Waals surface area contributed by atoms with Gasteiger partial charge in [-0.2, -0.15) is 0 Å². The van der Waals surface area contributed by atoms with Crippen molar-refractivity contribution in [2.75, 3.05) is 26.8 Å². The molecule has 3 nitrogen and oxygen atoms in total. The average Bonchev–Trinajstić information content (AvgIpc) is 2.60. The highest BCUT2D eigenvalue weighted by atomic mass is 127. The Labute approximate surface area is 156 Å². The minimum atomic E-state index is -0.363. The molecule has 0 saturated heterocycles. The van der Waals surface area contributed by atoms with Crippen LogP contribution in [0, 0.1) is 9.39 Å². The van der Waals surface area contributed by atoms with Crippen LogP contribution in [0.4, 0.5) is 4.39 Å². The van der Waals surface area contributed by atoms with Gasteiger partial charge in [-0.3, -0.25) is 4.79 Å². The number of nitrogens with zero attached hydrogens (tertiary/aromatic N) is 1. The van der Waals surface area contributed by atoms with E-state index in [-0.39, 0.29) is 11.7 Å². The lowest BCUT2D eigenvalue weighted by atomic mass is 10.1. The van der Waals surface area contributed by atoms with E-state index in [0.717, 1.165) is 12.8 Å². The van der Waals surface area contributed by atoms with E-state index in [1.165, 1.54) is 11.6 Å². The summed E-state index contributed by atoms with van der Waals surface area (Å²) in [4.78, 5) is 14.4. The Kier molecular flexibility index (Phi) is 7.65. The summed E-state index contributed by atoms with van der Waals surface area (Å²) in [6, 6.07) is 14.8. The first kappa shape index (κ1) is 18.9. The van der Waals surface area contributed by atoms with Gasteiger partial charge in [0, 0.05) is 29.3 Å². The maximum atomic E-state index is 13.7. The summed E-state index contributed by atoms with van der Waals surface area (Å²) in [5.41, 5.74) is 1.63. The van der Waals surface area contributed by atoms with Crippen molar-refractivity contribution < 1.29 is 13.9 Å². The standard InChI is InChI=1S/C19H21FINO2/c1-24-13-12-22(11-5-8-15-6-3-2-4-7-15)19(23)16-9-10-18(21)17(20)14-16/h2-4,6-7,9-10,14H,5,8,11-13H2,1H3. The van der Waals surface area contributed by atoms with Crippen molar-refractivity contribution in [3.05, 3.63) is 69.0 Å². The molecule has 0 atom stereocenters. The Morgan fingerprint density at radius 2 is 1.92 bits per heavy atom. The first-order valence-electron chi connectivity index (χ1n) is 7.89. The summed E-state index contributed by atoms with van der Waals surface area (Å²) in [6.45, 7) is 1.58. The Hall–Kier alpha value is -1.47. The molecule has 5 heteroatoms. The Morgan fingerprint density at radius 1 is 1.17 bits per heavy atom. The average molecular weight is 441 g/mol. The largest absolute Gasteiger partial charge is 0.383 e. The molecule has 0 unspecified atom stereocenters. The molecule has 2 rings (SSSR count). The van der Waals surface area contributed by atoms with Crippen LogP contribution in [0.3, 0.4) is 0 Å². The number of aryl methyl sites for hydroxylation is 1. The van der Waals surface area contributed by atoms with Gasteiger partial charge in [0.15, 0.2) is 0 Å². The molecule has 0 aliphatic heterocycles. The predicted molar refractivity (Wildman–Crippen MR) is 102 cm³/mol. The number of carbonyl (C=O) groups is 1. The van der Waals surface area contributed by atoms with Crippen LogP contribution in [0.5, 0.6) is 0 Å². The summed E-state index contributed by atoms with van der Waals surface area (Å²) in [7, 11) is 1.61. The second-order valence-corrected chi connectivity index (χ2v) is 6.67. The maximum absolute atomic E-state index is 13.7. The number of hydrogen-bond donors (Lipinski definition) is 0. The molecule has 0 bridgehead atoms. The van der Waals surface area contributed by atoms with E-state index in [1.807, 2.05) is 40.8 Å². The van der Waals surface area contributed by atoms with E-state index in [4.69, 9.17) is 4.74 Å². The smallest absolute Gasteiger partial charge is 0.254 e. The Balaban J connectivity index is 2.00. The number of hydrogen-bond acceptors (Lipinski definition) is 2. The molecule has 0 N–H and O–H groups in total. The van der Waals surface area contributed by atoms with Crippen LogP contribution >= 0.6 is 22.6 Å². The molecule has 0 aliphatic carbocycles. The molecule has 1 amide bonds. The van der Waals surface area contributed by atoms with Crippen molar-refractivity contribution in [1.29, 1.82) is 0 Å². The van der Waals surface area contributed by atoms with Crippen molar-refractivity contribution in [2.45, 2.75) is 12.8 Å². The number of rotatable bonds is 8. The fourth-order valence-electron chi connectivity index (χ4n) is 2.45. The third-order valence-corrected chi connectivity index (χ3v) is 4.63. The number of benzene rings is 2. The molecule has 0 spiro atoms. The summed E-state index contributed by atoms with van der Waals surface area (Å²) in [5.74, 6) is -0.521. The molecule has 0 saturated carbocycles. The van der Waals surface area contributed by atoms with Crippen LogP contribution in [-0.2, 0) is 11.2 Å². The van der Waals surface area contributed by atoms with E-state index in [9.17, 15) is 9.18 Å². The number of ether oxygens (including phenoxy) is 1. The highest BCUT2D eigenvalue weighted by molar-refractivity contribution is 14.1. The third kappa shape index (κ3) is 5.56. The minimum Gasteiger partial charge on any atom is -0.383 e. The van der Waals surface area contributed by atoms with Crippen LogP contribution in [0.15, 0.2) is 48.5 Å². The van der Waals surface area contributed by atoms with Crippen LogP contribution in [-0.4, -0.2) is 37.6 Å². The van der Waals surface area contributed by atoms with Crippen LogP contribution in [0.1, 0.15) is 22.3 Å². The van der Waals surface area contributed by atoms with Crippen LogP contribution in [0.2, 0.25) is 0 Å². The van der Waals surface area contributed by atoms with Crippen molar-refractivity contribution in [1.82, 2.24) is 4.90 Å². The molecular formula is C19H21FINO2. The van der Waals surface area contributed by atoms with E-state index in [2.05, 4.69) is 12.1 Å². The van der Waals surface area contributed by atoms with Gasteiger partial charge in [-0.05, 0) is 59.2 Å². The lowest BCUT2D eigenvalue weighted by molar-refractivity contribution is 0.0693. The lowest BCUT2D eigenvalue weighted by Crippen LogP contribution is -2.35. The van der Waals surface area contributed by atoms with E-state index < -0.39 is 0 Å². The minimum absolute atomic E-state index is 0.157. The van der Waals surface area contributed by atoms with E-state index in [1.54, 1.807) is 24.1 Å². The molecule has 0 heterocycles. The number of halogens is 2. The first-order chi connectivity index (χ1) is 11.6. The fourth-order valence-corrected chi connectivity index (χ4v) is 2.78. The molecular weight excluding hydrogens is 420 g/mol. The third-order valence-electron chi connectivity index (χ3n) is 3.76.